The van der Waals surface area contributed by atoms with Crippen LogP contribution in [0.5, 0.6) is 17.2 Å². The van der Waals surface area contributed by atoms with Crippen molar-refractivity contribution in [3.63, 3.8) is 0 Å². The zero-order valence-corrected chi connectivity index (χ0v) is 59.7. The molecule has 2 bridgehead atoms. The van der Waals surface area contributed by atoms with Gasteiger partial charge in [-0.2, -0.15) is 0 Å². The summed E-state index contributed by atoms with van der Waals surface area (Å²) in [5, 5.41) is 7.33. The lowest BCUT2D eigenvalue weighted by atomic mass is 9.87. The number of carbonyl (C=O) groups excluding carboxylic acids is 9. The minimum Gasteiger partial charge on any atom is -0.493 e. The lowest BCUT2D eigenvalue weighted by molar-refractivity contribution is -0.165. The molecule has 22 heteroatoms. The van der Waals surface area contributed by atoms with Crippen LogP contribution in [-0.2, 0) is 74.9 Å². The average Bonchev–Trinajstić information content (AvgIpc) is 0.844. The van der Waals surface area contributed by atoms with Crippen molar-refractivity contribution in [1.82, 2.24) is 25.3 Å². The number of anilines is 1. The topological polar surface area (TPSA) is 255 Å². The van der Waals surface area contributed by atoms with Crippen LogP contribution < -0.4 is 29.7 Å². The van der Waals surface area contributed by atoms with Gasteiger partial charge in [-0.25, -0.2) is 9.59 Å². The summed E-state index contributed by atoms with van der Waals surface area (Å²) in [5.74, 6) is -4.70. The molecular weight excluding hydrogens is 1260 g/mol. The van der Waals surface area contributed by atoms with Crippen molar-refractivity contribution in [1.29, 1.82) is 0 Å². The van der Waals surface area contributed by atoms with Crippen LogP contribution in [0, 0.1) is 5.41 Å². The van der Waals surface area contributed by atoms with Crippen LogP contribution in [0.1, 0.15) is 161 Å². The number of likely N-dealkylation sites (N-methyl/N-ethyl adjacent to an activating group) is 2. The molecule has 99 heavy (non-hydrogen) atoms. The Labute approximate surface area is 583 Å². The van der Waals surface area contributed by atoms with E-state index in [4.69, 9.17) is 33.2 Å². The largest absolute Gasteiger partial charge is 0.493 e. The molecule has 2 N–H and O–H groups in total. The van der Waals surface area contributed by atoms with Gasteiger partial charge in [0.2, 0.25) is 29.4 Å². The number of amides is 6. The first kappa shape index (κ1) is 77.7. The molecule has 2 fully saturated rings. The highest BCUT2D eigenvalue weighted by molar-refractivity contribution is 6.38. The van der Waals surface area contributed by atoms with E-state index in [0.29, 0.717) is 86.1 Å². The summed E-state index contributed by atoms with van der Waals surface area (Å²) < 4.78 is 41.3. The van der Waals surface area contributed by atoms with E-state index in [1.807, 2.05) is 76.2 Å². The van der Waals surface area contributed by atoms with E-state index in [9.17, 15) is 28.8 Å². The maximum absolute atomic E-state index is 15.2. The molecule has 0 aromatic heterocycles. The van der Waals surface area contributed by atoms with E-state index in [0.717, 1.165) is 41.7 Å². The number of likely N-dealkylation sites (tertiary alicyclic amines) is 1. The number of nitrogens with zero attached hydrogens (tertiary/aromatic N) is 4. The van der Waals surface area contributed by atoms with Gasteiger partial charge in [0.1, 0.15) is 42.6 Å². The molecule has 1 saturated heterocycles. The second-order valence-corrected chi connectivity index (χ2v) is 27.5. The number of esters is 2. The maximum Gasteiger partial charge on any atom is 0.330 e. The molecule has 6 amide bonds. The normalized spacial score (nSPS) is 17.5. The van der Waals surface area contributed by atoms with Crippen molar-refractivity contribution >= 4 is 69.6 Å². The summed E-state index contributed by atoms with van der Waals surface area (Å²) in [4.78, 5) is 133. The number of hydrogen-bond acceptors (Lipinski definition) is 16. The van der Waals surface area contributed by atoms with Crippen molar-refractivity contribution < 1.29 is 76.3 Å². The summed E-state index contributed by atoms with van der Waals surface area (Å²) >= 11 is 0. The van der Waals surface area contributed by atoms with Gasteiger partial charge in [-0.05, 0) is 163 Å². The number of carbonyl (C=O) groups is 9. The van der Waals surface area contributed by atoms with Gasteiger partial charge >= 0.3 is 11.9 Å². The molecule has 0 spiro atoms. The zero-order valence-electron chi connectivity index (χ0n) is 59.7. The Hall–Kier alpha value is -8.63. The molecule has 3 aliphatic rings. The van der Waals surface area contributed by atoms with Crippen molar-refractivity contribution in [2.24, 2.45) is 5.41 Å². The Balaban J connectivity index is 1.10. The molecule has 22 nitrogen and oxygen atoms in total. The number of ether oxygens (including phenoxy) is 7. The predicted molar refractivity (Wildman–Crippen MR) is 377 cm³/mol. The van der Waals surface area contributed by atoms with E-state index in [-0.39, 0.29) is 63.6 Å². The van der Waals surface area contributed by atoms with Crippen molar-refractivity contribution in [3.8, 4) is 17.2 Å². The van der Waals surface area contributed by atoms with Gasteiger partial charge in [-0.3, -0.25) is 38.5 Å². The summed E-state index contributed by atoms with van der Waals surface area (Å²) in [6, 6.07) is 18.6. The van der Waals surface area contributed by atoms with Crippen molar-refractivity contribution in [3.05, 3.63) is 120 Å². The predicted octanol–water partition coefficient (Wildman–Crippen LogP) is 10.1. The number of nitrogens with one attached hydrogen (secondary N) is 2. The SMILES string of the molecule is C=CC(=O)OCC(C)(C)C(=O)C(=O)N1CCCCC1C(=O)O[C@H](CCc1ccc(OC)c(OC)c1)c1cccc(OCC(=O)N2c3ccc4cccc(c4c3)CC(C(=O)N(C)C(COC(C)(C)C)C(=O)NCC(=O)N(C)CC/C=C\CCOC3CCCCCC3)NC(=O)C2CCCC)c1. The summed E-state index contributed by atoms with van der Waals surface area (Å²) in [6.07, 6.45) is 16.4. The fraction of sp³-hybridized carbons (Fsp3) is 0.545. The van der Waals surface area contributed by atoms with Crippen LogP contribution in [0.4, 0.5) is 5.69 Å². The second kappa shape index (κ2) is 37.5. The molecule has 1 aliphatic carbocycles. The van der Waals surface area contributed by atoms with Gasteiger partial charge in [0.25, 0.3) is 11.8 Å². The third-order valence-corrected chi connectivity index (χ3v) is 18.4. The second-order valence-electron chi connectivity index (χ2n) is 27.5. The van der Waals surface area contributed by atoms with E-state index >= 15 is 14.4 Å². The van der Waals surface area contributed by atoms with Crippen molar-refractivity contribution in [2.45, 2.75) is 193 Å². The van der Waals surface area contributed by atoms with Crippen LogP contribution in [0.15, 0.2) is 104 Å². The third-order valence-electron chi connectivity index (χ3n) is 18.4. The molecule has 4 unspecified atom stereocenters. The van der Waals surface area contributed by atoms with E-state index < -0.39 is 95.2 Å². The Morgan fingerprint density at radius 3 is 2.27 bits per heavy atom. The third kappa shape index (κ3) is 22.4. The van der Waals surface area contributed by atoms with Crippen LogP contribution in [0.3, 0.4) is 0 Å². The molecule has 538 valence electrons. The number of hydrogen-bond donors (Lipinski definition) is 2. The molecule has 7 rings (SSSR count). The number of ketones is 1. The van der Waals surface area contributed by atoms with Crippen LogP contribution in [0.2, 0.25) is 0 Å². The maximum atomic E-state index is 15.2. The summed E-state index contributed by atoms with van der Waals surface area (Å²) in [6.45, 7) is 13.5. The molecule has 5 atom stereocenters. The van der Waals surface area contributed by atoms with Crippen LogP contribution in [-0.4, -0.2) is 178 Å². The van der Waals surface area contributed by atoms with Crippen molar-refractivity contribution in [2.75, 3.05) is 79.3 Å². The number of piperidine rings is 1. The van der Waals surface area contributed by atoms with Gasteiger partial charge in [-0.1, -0.05) is 107 Å². The van der Waals surface area contributed by atoms with Crippen LogP contribution >= 0.6 is 0 Å². The van der Waals surface area contributed by atoms with Gasteiger partial charge < -0.3 is 58.5 Å². The van der Waals surface area contributed by atoms with Crippen LogP contribution in [0.25, 0.3) is 10.8 Å². The highest BCUT2D eigenvalue weighted by Gasteiger charge is 2.43. The monoisotopic (exact) mass is 1370 g/mol. The Bertz CT molecular complexity index is 3480. The molecule has 1 saturated carbocycles. The Morgan fingerprint density at radius 1 is 0.828 bits per heavy atom. The van der Waals surface area contributed by atoms with Gasteiger partial charge in [0, 0.05) is 45.4 Å². The van der Waals surface area contributed by atoms with Gasteiger partial charge in [-0.15, -0.1) is 0 Å². The fourth-order valence-corrected chi connectivity index (χ4v) is 12.5. The minimum absolute atomic E-state index is 0.0274. The number of Topliss-reactive ketones (excluding diaryl/α,β-unsaturated/α-hetero) is 1. The molecular formula is C77H104N6O16. The number of methoxy groups -OCH3 is 2. The first-order valence-electron chi connectivity index (χ1n) is 35.0. The van der Waals surface area contributed by atoms with Gasteiger partial charge in [0.05, 0.1) is 51.1 Å². The zero-order chi connectivity index (χ0) is 71.8. The lowest BCUT2D eigenvalue weighted by Gasteiger charge is -2.36. The highest BCUT2D eigenvalue weighted by Crippen LogP contribution is 2.35. The molecule has 4 aromatic rings. The Morgan fingerprint density at radius 2 is 1.56 bits per heavy atom. The van der Waals surface area contributed by atoms with E-state index in [2.05, 4.69) is 23.3 Å². The summed E-state index contributed by atoms with van der Waals surface area (Å²) in [5.41, 5.74) is 0.298. The lowest BCUT2D eigenvalue weighted by Crippen LogP contribution is -2.60. The number of aryl methyl sites for hydroxylation is 1. The number of benzene rings is 4. The first-order chi connectivity index (χ1) is 47.4. The molecule has 2 aliphatic heterocycles. The quantitative estimate of drug-likeness (QED) is 0.0112. The number of fused-ring (bicyclic) bond motifs is 1. The molecule has 0 radical (unpaired) electrons. The number of rotatable bonds is 33. The fourth-order valence-electron chi connectivity index (χ4n) is 12.5. The average molecular weight is 1370 g/mol. The Kier molecular flexibility index (Phi) is 29.5. The minimum atomic E-state index is -1.42. The molecule has 2 heterocycles. The van der Waals surface area contributed by atoms with E-state index in [1.165, 1.54) is 75.5 Å². The van der Waals surface area contributed by atoms with Gasteiger partial charge in [0.15, 0.2) is 18.1 Å². The summed E-state index contributed by atoms with van der Waals surface area (Å²) in [7, 11) is 6.22. The molecule has 4 aromatic carbocycles. The smallest absolute Gasteiger partial charge is 0.330 e. The van der Waals surface area contributed by atoms with E-state index in [1.54, 1.807) is 48.3 Å². The highest BCUT2D eigenvalue weighted by atomic mass is 16.5. The number of unbranched alkanes of at least 4 members (excludes halogenated alkanes) is 1. The standard InChI is InChI=1S/C77H104N6O16/c1-12-14-33-61-72(89)79-60(73(90)81(9)63(49-98-76(3,4)5)71(88)78-48-67(84)80(8)41-22-17-18-24-43-95-57-30-19-15-16-20-31-57)46-54-28-25-27-53-37-38-56(47-59(53)54)83(61)68(85)50-96-58-32-26-29-55(45-58)64(39-35-52-36-40-65(93-10)66(44-52)94-11)99-75(92)62-34-21-23-42-82(62)74(91)70(87)77(6,7)51-97-69(86)13-2/h13,17-18,25-29,32,36-38,40,44-45,47,57,60-64H,2,12,14-16,19-24,30-31,33-35,39,41-43,46,48-51H2,1,3-11H3,(H,78,88)(H,79,89)/b18-17-/t60?,61?,62?,63?,64-/m1/s1. The first-order valence-corrected chi connectivity index (χ1v) is 35.0.